The predicted molar refractivity (Wildman–Crippen MR) is 113 cm³/mol. The Hall–Kier alpha value is -2.49. The molecule has 0 radical (unpaired) electrons. The zero-order chi connectivity index (χ0) is 19.6. The summed E-state index contributed by atoms with van der Waals surface area (Å²) in [6.45, 7) is 2.70. The third kappa shape index (κ3) is 6.29. The van der Waals surface area contributed by atoms with E-state index in [0.717, 1.165) is 30.4 Å². The Morgan fingerprint density at radius 2 is 1.71 bits per heavy atom. The summed E-state index contributed by atoms with van der Waals surface area (Å²) >= 11 is 0. The second-order valence-corrected chi connectivity index (χ2v) is 7.48. The first-order valence-corrected chi connectivity index (χ1v) is 10.5. The summed E-state index contributed by atoms with van der Waals surface area (Å²) < 4.78 is 11.7. The molecular weight excluding hydrogens is 350 g/mol. The molecule has 1 atom stereocenters. The summed E-state index contributed by atoms with van der Waals surface area (Å²) in [5.74, 6) is 2.23. The molecular formula is C24H31NO3. The fourth-order valence-corrected chi connectivity index (χ4v) is 3.66. The molecule has 4 heteroatoms. The van der Waals surface area contributed by atoms with Gasteiger partial charge in [0.2, 0.25) is 0 Å². The van der Waals surface area contributed by atoms with Crippen molar-refractivity contribution >= 4 is 11.6 Å². The van der Waals surface area contributed by atoms with Crippen molar-refractivity contribution < 1.29 is 14.3 Å². The monoisotopic (exact) mass is 381 g/mol. The number of amides is 1. The molecule has 0 saturated heterocycles. The summed E-state index contributed by atoms with van der Waals surface area (Å²) in [5.41, 5.74) is 0.750. The summed E-state index contributed by atoms with van der Waals surface area (Å²) in [4.78, 5) is 12.5. The van der Waals surface area contributed by atoms with Crippen LogP contribution in [0.2, 0.25) is 0 Å². The maximum absolute atomic E-state index is 12.5. The van der Waals surface area contributed by atoms with Crippen molar-refractivity contribution in [2.45, 2.75) is 58.0 Å². The highest BCUT2D eigenvalue weighted by molar-refractivity contribution is 5.94. The number of hydrogen-bond acceptors (Lipinski definition) is 3. The van der Waals surface area contributed by atoms with Gasteiger partial charge < -0.3 is 14.8 Å². The van der Waals surface area contributed by atoms with Gasteiger partial charge in [0, 0.05) is 5.69 Å². The van der Waals surface area contributed by atoms with E-state index in [9.17, 15) is 4.79 Å². The zero-order valence-electron chi connectivity index (χ0n) is 16.7. The Bertz CT molecular complexity index is 708. The van der Waals surface area contributed by atoms with E-state index < -0.39 is 6.10 Å². The van der Waals surface area contributed by atoms with E-state index in [1.807, 2.05) is 61.5 Å². The van der Waals surface area contributed by atoms with Gasteiger partial charge >= 0.3 is 0 Å². The molecule has 150 valence electrons. The quantitative estimate of drug-likeness (QED) is 0.594. The molecule has 1 amide bonds. The molecule has 0 spiro atoms. The lowest BCUT2D eigenvalue weighted by atomic mass is 9.87. The molecule has 0 aliphatic heterocycles. The van der Waals surface area contributed by atoms with Gasteiger partial charge in [-0.05, 0) is 55.2 Å². The van der Waals surface area contributed by atoms with Gasteiger partial charge in [-0.3, -0.25) is 4.79 Å². The van der Waals surface area contributed by atoms with Crippen LogP contribution >= 0.6 is 0 Å². The van der Waals surface area contributed by atoms with Crippen LogP contribution in [-0.4, -0.2) is 18.6 Å². The van der Waals surface area contributed by atoms with Gasteiger partial charge in [-0.2, -0.15) is 0 Å². The molecule has 1 unspecified atom stereocenters. The topological polar surface area (TPSA) is 47.6 Å². The lowest BCUT2D eigenvalue weighted by Crippen LogP contribution is -2.32. The highest BCUT2D eigenvalue weighted by Crippen LogP contribution is 2.26. The summed E-state index contributed by atoms with van der Waals surface area (Å²) in [7, 11) is 0. The third-order valence-corrected chi connectivity index (χ3v) is 5.33. The number of ether oxygens (including phenoxy) is 2. The maximum atomic E-state index is 12.5. The number of hydrogen-bond donors (Lipinski definition) is 1. The average molecular weight is 382 g/mol. The highest BCUT2D eigenvalue weighted by Gasteiger charge is 2.18. The van der Waals surface area contributed by atoms with Crippen molar-refractivity contribution in [1.29, 1.82) is 0 Å². The van der Waals surface area contributed by atoms with Crippen LogP contribution in [0.1, 0.15) is 51.9 Å². The van der Waals surface area contributed by atoms with Crippen molar-refractivity contribution in [2.24, 2.45) is 5.92 Å². The van der Waals surface area contributed by atoms with Crippen LogP contribution in [0.3, 0.4) is 0 Å². The van der Waals surface area contributed by atoms with Gasteiger partial charge in [0.25, 0.3) is 5.91 Å². The van der Waals surface area contributed by atoms with Gasteiger partial charge in [-0.1, -0.05) is 57.2 Å². The van der Waals surface area contributed by atoms with E-state index in [0.29, 0.717) is 12.2 Å². The molecule has 4 nitrogen and oxygen atoms in total. The minimum atomic E-state index is -0.520. The first-order valence-electron chi connectivity index (χ1n) is 10.5. The standard InChI is InChI=1S/C24H31NO3/c1-2-23(28-22-11-7-4-8-12-22)24(26)25-20-13-15-21(16-14-20)27-18-17-19-9-5-3-6-10-19/h4,7-8,11-16,19,23H,2-3,5-6,9-10,17-18H2,1H3,(H,25,26). The minimum absolute atomic E-state index is 0.141. The molecule has 1 N–H and O–H groups in total. The molecule has 2 aromatic rings. The van der Waals surface area contributed by atoms with Crippen molar-refractivity contribution in [3.05, 3.63) is 54.6 Å². The first-order chi connectivity index (χ1) is 13.7. The van der Waals surface area contributed by atoms with Crippen LogP contribution in [0.25, 0.3) is 0 Å². The van der Waals surface area contributed by atoms with E-state index in [1.165, 1.54) is 32.1 Å². The van der Waals surface area contributed by atoms with Crippen LogP contribution in [0.4, 0.5) is 5.69 Å². The number of rotatable bonds is 9. The third-order valence-electron chi connectivity index (χ3n) is 5.33. The molecule has 1 fully saturated rings. The van der Waals surface area contributed by atoms with Crippen LogP contribution in [-0.2, 0) is 4.79 Å². The lowest BCUT2D eigenvalue weighted by Gasteiger charge is -2.21. The van der Waals surface area contributed by atoms with Crippen molar-refractivity contribution in [3.63, 3.8) is 0 Å². The van der Waals surface area contributed by atoms with Crippen LogP contribution in [0.15, 0.2) is 54.6 Å². The van der Waals surface area contributed by atoms with E-state index in [1.54, 1.807) is 0 Å². The highest BCUT2D eigenvalue weighted by atomic mass is 16.5. The van der Waals surface area contributed by atoms with Crippen molar-refractivity contribution in [3.8, 4) is 11.5 Å². The Morgan fingerprint density at radius 3 is 2.39 bits per heavy atom. The maximum Gasteiger partial charge on any atom is 0.265 e. The van der Waals surface area contributed by atoms with Gasteiger partial charge in [0.05, 0.1) is 6.61 Å². The minimum Gasteiger partial charge on any atom is -0.494 e. The Balaban J connectivity index is 1.45. The number of carbonyl (C=O) groups excluding carboxylic acids is 1. The molecule has 1 aliphatic rings. The molecule has 3 rings (SSSR count). The number of para-hydroxylation sites is 1. The molecule has 2 aromatic carbocycles. The van der Waals surface area contributed by atoms with E-state index >= 15 is 0 Å². The largest absolute Gasteiger partial charge is 0.494 e. The Labute approximate surface area is 168 Å². The fourth-order valence-electron chi connectivity index (χ4n) is 3.66. The lowest BCUT2D eigenvalue weighted by molar-refractivity contribution is -0.122. The van der Waals surface area contributed by atoms with E-state index in [-0.39, 0.29) is 5.91 Å². The van der Waals surface area contributed by atoms with Gasteiger partial charge in [0.15, 0.2) is 6.10 Å². The van der Waals surface area contributed by atoms with Crippen molar-refractivity contribution in [1.82, 2.24) is 0 Å². The van der Waals surface area contributed by atoms with Crippen LogP contribution in [0.5, 0.6) is 11.5 Å². The van der Waals surface area contributed by atoms with E-state index in [4.69, 9.17) is 9.47 Å². The van der Waals surface area contributed by atoms with Gasteiger partial charge in [0.1, 0.15) is 11.5 Å². The normalized spacial score (nSPS) is 15.6. The molecule has 0 bridgehead atoms. The van der Waals surface area contributed by atoms with Crippen LogP contribution in [0, 0.1) is 5.92 Å². The second-order valence-electron chi connectivity index (χ2n) is 7.48. The molecule has 0 heterocycles. The first kappa shape index (κ1) is 20.2. The molecule has 0 aromatic heterocycles. The smallest absolute Gasteiger partial charge is 0.265 e. The van der Waals surface area contributed by atoms with Crippen LogP contribution < -0.4 is 14.8 Å². The zero-order valence-corrected chi connectivity index (χ0v) is 16.7. The summed E-state index contributed by atoms with van der Waals surface area (Å²) in [6.07, 6.45) is 8.03. The molecule has 28 heavy (non-hydrogen) atoms. The summed E-state index contributed by atoms with van der Waals surface area (Å²) in [6, 6.07) is 17.0. The fraction of sp³-hybridized carbons (Fsp3) is 0.458. The van der Waals surface area contributed by atoms with Gasteiger partial charge in [-0.25, -0.2) is 0 Å². The van der Waals surface area contributed by atoms with Crippen molar-refractivity contribution in [2.75, 3.05) is 11.9 Å². The number of benzene rings is 2. The summed E-state index contributed by atoms with van der Waals surface area (Å²) in [5, 5.41) is 2.93. The Kier molecular flexibility index (Phi) is 7.77. The molecule has 1 saturated carbocycles. The average Bonchev–Trinajstić information content (AvgIpc) is 2.74. The number of anilines is 1. The second kappa shape index (κ2) is 10.7. The SMILES string of the molecule is CCC(Oc1ccccc1)C(=O)Nc1ccc(OCCC2CCCCC2)cc1. The predicted octanol–water partition coefficient (Wildman–Crippen LogP) is 5.83. The van der Waals surface area contributed by atoms with E-state index in [2.05, 4.69) is 5.32 Å². The Morgan fingerprint density at radius 1 is 1.00 bits per heavy atom. The number of carbonyl (C=O) groups is 1. The number of nitrogens with one attached hydrogen (secondary N) is 1. The van der Waals surface area contributed by atoms with Gasteiger partial charge in [-0.15, -0.1) is 0 Å². The molecule has 1 aliphatic carbocycles.